The van der Waals surface area contributed by atoms with E-state index in [4.69, 9.17) is 16.3 Å². The van der Waals surface area contributed by atoms with Crippen molar-refractivity contribution in [3.05, 3.63) is 71.5 Å². The van der Waals surface area contributed by atoms with Gasteiger partial charge in [0.05, 0.1) is 7.11 Å². The lowest BCUT2D eigenvalue weighted by Gasteiger charge is -2.09. The molecule has 0 amide bonds. The third kappa shape index (κ3) is 5.09. The Morgan fingerprint density at radius 2 is 1.80 bits per heavy atom. The quantitative estimate of drug-likeness (QED) is 0.652. The fourth-order valence-electron chi connectivity index (χ4n) is 2.36. The van der Waals surface area contributed by atoms with Crippen molar-refractivity contribution in [1.82, 2.24) is 9.97 Å². The smallest absolute Gasteiger partial charge is 0.135 e. The van der Waals surface area contributed by atoms with Gasteiger partial charge in [-0.1, -0.05) is 29.8 Å². The predicted octanol–water partition coefficient (Wildman–Crippen LogP) is 4.54. The van der Waals surface area contributed by atoms with E-state index in [1.54, 1.807) is 7.11 Å². The van der Waals surface area contributed by atoms with E-state index < -0.39 is 0 Å². The van der Waals surface area contributed by atoms with E-state index in [1.165, 1.54) is 11.9 Å². The maximum Gasteiger partial charge on any atom is 0.135 e. The van der Waals surface area contributed by atoms with E-state index in [0.29, 0.717) is 0 Å². The maximum atomic E-state index is 5.90. The van der Waals surface area contributed by atoms with Crippen molar-refractivity contribution < 1.29 is 4.74 Å². The highest BCUT2D eigenvalue weighted by Crippen LogP contribution is 2.21. The summed E-state index contributed by atoms with van der Waals surface area (Å²) in [7, 11) is 1.65. The van der Waals surface area contributed by atoms with Gasteiger partial charge in [0.1, 0.15) is 23.7 Å². The van der Waals surface area contributed by atoms with Crippen LogP contribution in [-0.2, 0) is 6.42 Å². The van der Waals surface area contributed by atoms with Crippen molar-refractivity contribution in [2.45, 2.75) is 6.42 Å². The molecular formula is C19H19ClN4O. The Balaban J connectivity index is 1.58. The van der Waals surface area contributed by atoms with Gasteiger partial charge in [-0.2, -0.15) is 0 Å². The van der Waals surface area contributed by atoms with E-state index in [0.717, 1.165) is 41.1 Å². The highest BCUT2D eigenvalue weighted by atomic mass is 35.5. The Labute approximate surface area is 152 Å². The van der Waals surface area contributed by atoms with Crippen LogP contribution >= 0.6 is 11.6 Å². The van der Waals surface area contributed by atoms with Crippen molar-refractivity contribution in [3.8, 4) is 5.75 Å². The molecule has 2 N–H and O–H groups in total. The maximum absolute atomic E-state index is 5.90. The number of methoxy groups -OCH3 is 1. The molecule has 0 radical (unpaired) electrons. The van der Waals surface area contributed by atoms with E-state index in [-0.39, 0.29) is 0 Å². The standard InChI is InChI=1S/C19H19ClN4O/c1-25-17-4-2-3-16(11-17)24-19-12-18(22-13-23-19)21-10-9-14-5-7-15(20)8-6-14/h2-8,11-13H,9-10H2,1H3,(H2,21,22,23,24). The van der Waals surface area contributed by atoms with Crippen LogP contribution in [0.4, 0.5) is 17.3 Å². The Kier molecular flexibility index (Phi) is 5.69. The summed E-state index contributed by atoms with van der Waals surface area (Å²) >= 11 is 5.90. The molecule has 0 bridgehead atoms. The van der Waals surface area contributed by atoms with Gasteiger partial charge in [0.2, 0.25) is 0 Å². The van der Waals surface area contributed by atoms with Crippen LogP contribution in [0.3, 0.4) is 0 Å². The fraction of sp³-hybridized carbons (Fsp3) is 0.158. The van der Waals surface area contributed by atoms with Crippen LogP contribution < -0.4 is 15.4 Å². The molecule has 2 aromatic carbocycles. The van der Waals surface area contributed by atoms with Gasteiger partial charge in [-0.3, -0.25) is 0 Å². The Morgan fingerprint density at radius 3 is 2.60 bits per heavy atom. The molecule has 0 unspecified atom stereocenters. The first-order valence-electron chi connectivity index (χ1n) is 7.94. The van der Waals surface area contributed by atoms with Crippen molar-refractivity contribution in [3.63, 3.8) is 0 Å². The number of halogens is 1. The minimum absolute atomic E-state index is 0.720. The number of rotatable bonds is 7. The van der Waals surface area contributed by atoms with Gasteiger partial charge in [0.25, 0.3) is 0 Å². The molecular weight excluding hydrogens is 336 g/mol. The number of nitrogens with zero attached hydrogens (tertiary/aromatic N) is 2. The van der Waals surface area contributed by atoms with Crippen LogP contribution in [0.2, 0.25) is 5.02 Å². The summed E-state index contributed by atoms with van der Waals surface area (Å²) in [6.07, 6.45) is 2.42. The average molecular weight is 355 g/mol. The van der Waals surface area contributed by atoms with Gasteiger partial charge in [-0.05, 0) is 36.2 Å². The van der Waals surface area contributed by atoms with Crippen molar-refractivity contribution in [2.75, 3.05) is 24.3 Å². The highest BCUT2D eigenvalue weighted by Gasteiger charge is 2.01. The predicted molar refractivity (Wildman–Crippen MR) is 102 cm³/mol. The van der Waals surface area contributed by atoms with Crippen LogP contribution in [0.15, 0.2) is 60.9 Å². The summed E-state index contributed by atoms with van der Waals surface area (Å²) in [5, 5.41) is 7.31. The van der Waals surface area contributed by atoms with E-state index in [9.17, 15) is 0 Å². The number of nitrogens with one attached hydrogen (secondary N) is 2. The first-order valence-corrected chi connectivity index (χ1v) is 8.32. The number of benzene rings is 2. The molecule has 6 heteroatoms. The molecule has 1 heterocycles. The van der Waals surface area contributed by atoms with Crippen LogP contribution in [0, 0.1) is 0 Å². The number of hydrogen-bond acceptors (Lipinski definition) is 5. The highest BCUT2D eigenvalue weighted by molar-refractivity contribution is 6.30. The second kappa shape index (κ2) is 8.35. The molecule has 0 saturated heterocycles. The topological polar surface area (TPSA) is 59.1 Å². The van der Waals surface area contributed by atoms with Crippen LogP contribution in [0.1, 0.15) is 5.56 Å². The number of aromatic nitrogens is 2. The zero-order chi connectivity index (χ0) is 17.5. The molecule has 3 rings (SSSR count). The molecule has 25 heavy (non-hydrogen) atoms. The first-order chi connectivity index (χ1) is 12.2. The molecule has 128 valence electrons. The molecule has 5 nitrogen and oxygen atoms in total. The summed E-state index contributed by atoms with van der Waals surface area (Å²) in [6.45, 7) is 0.775. The van der Waals surface area contributed by atoms with Gasteiger partial charge >= 0.3 is 0 Å². The van der Waals surface area contributed by atoms with Crippen LogP contribution in [0.25, 0.3) is 0 Å². The van der Waals surface area contributed by atoms with E-state index in [1.807, 2.05) is 54.6 Å². The van der Waals surface area contributed by atoms with Gasteiger partial charge in [0, 0.05) is 29.4 Å². The van der Waals surface area contributed by atoms with Crippen molar-refractivity contribution >= 4 is 28.9 Å². The monoisotopic (exact) mass is 354 g/mol. The van der Waals surface area contributed by atoms with Crippen molar-refractivity contribution in [2.24, 2.45) is 0 Å². The molecule has 0 saturated carbocycles. The lowest BCUT2D eigenvalue weighted by molar-refractivity contribution is 0.415. The molecule has 1 aromatic heterocycles. The Morgan fingerprint density at radius 1 is 1.00 bits per heavy atom. The lowest BCUT2D eigenvalue weighted by Crippen LogP contribution is -2.07. The fourth-order valence-corrected chi connectivity index (χ4v) is 2.48. The summed E-state index contributed by atoms with van der Waals surface area (Å²) in [5.41, 5.74) is 2.13. The summed E-state index contributed by atoms with van der Waals surface area (Å²) in [6, 6.07) is 17.4. The second-order valence-corrected chi connectivity index (χ2v) is 5.89. The first kappa shape index (κ1) is 17.0. The molecule has 0 aliphatic heterocycles. The lowest BCUT2D eigenvalue weighted by atomic mass is 10.1. The molecule has 0 fully saturated rings. The molecule has 0 atom stereocenters. The van der Waals surface area contributed by atoms with E-state index in [2.05, 4.69) is 20.6 Å². The number of ether oxygens (including phenoxy) is 1. The minimum atomic E-state index is 0.720. The van der Waals surface area contributed by atoms with Crippen molar-refractivity contribution in [1.29, 1.82) is 0 Å². The third-order valence-corrected chi connectivity index (χ3v) is 3.89. The van der Waals surface area contributed by atoms with Gasteiger partial charge < -0.3 is 15.4 Å². The van der Waals surface area contributed by atoms with Crippen LogP contribution in [-0.4, -0.2) is 23.6 Å². The van der Waals surface area contributed by atoms with E-state index >= 15 is 0 Å². The SMILES string of the molecule is COc1cccc(Nc2cc(NCCc3ccc(Cl)cc3)ncn2)c1. The van der Waals surface area contributed by atoms with Crippen LogP contribution in [0.5, 0.6) is 5.75 Å². The number of hydrogen-bond donors (Lipinski definition) is 2. The summed E-state index contributed by atoms with van der Waals surface area (Å²) < 4.78 is 5.23. The molecule has 3 aromatic rings. The third-order valence-electron chi connectivity index (χ3n) is 3.64. The van der Waals surface area contributed by atoms with Gasteiger partial charge in [-0.25, -0.2) is 9.97 Å². The average Bonchev–Trinajstić information content (AvgIpc) is 2.64. The minimum Gasteiger partial charge on any atom is -0.497 e. The summed E-state index contributed by atoms with van der Waals surface area (Å²) in [5.74, 6) is 2.28. The van der Waals surface area contributed by atoms with Gasteiger partial charge in [-0.15, -0.1) is 0 Å². The van der Waals surface area contributed by atoms with Gasteiger partial charge in [0.15, 0.2) is 0 Å². The molecule has 0 spiro atoms. The largest absolute Gasteiger partial charge is 0.497 e. The second-order valence-electron chi connectivity index (χ2n) is 5.45. The zero-order valence-corrected chi connectivity index (χ0v) is 14.6. The normalized spacial score (nSPS) is 10.3. The number of anilines is 3. The zero-order valence-electron chi connectivity index (χ0n) is 13.9. The Hall–Kier alpha value is -2.79. The summed E-state index contributed by atoms with van der Waals surface area (Å²) in [4.78, 5) is 8.50. The molecule has 0 aliphatic rings. The molecule has 0 aliphatic carbocycles. The Bertz CT molecular complexity index is 824.